The molecule has 0 spiro atoms. The molecule has 6 heteroatoms. The van der Waals surface area contributed by atoms with E-state index in [0.29, 0.717) is 0 Å². The lowest BCUT2D eigenvalue weighted by molar-refractivity contribution is 0.172. The molecule has 3 aromatic rings. The maximum atomic E-state index is 5.99. The van der Waals surface area contributed by atoms with Crippen LogP contribution in [0.4, 0.5) is 0 Å². The first kappa shape index (κ1) is 20.0. The van der Waals surface area contributed by atoms with Gasteiger partial charge in [0.15, 0.2) is 5.82 Å². The smallest absolute Gasteiger partial charge is 0.204 e. The minimum absolute atomic E-state index is 0.745. The Labute approximate surface area is 178 Å². The molecule has 29 heavy (non-hydrogen) atoms. The van der Waals surface area contributed by atoms with Crippen molar-refractivity contribution in [2.45, 2.75) is 52.6 Å². The normalized spacial score (nSPS) is 15.0. The van der Waals surface area contributed by atoms with E-state index in [2.05, 4.69) is 52.6 Å². The molecule has 2 aromatic heterocycles. The highest BCUT2D eigenvalue weighted by molar-refractivity contribution is 7.71. The largest absolute Gasteiger partial charge is 0.284 e. The molecular weight excluding hydrogens is 378 g/mol. The van der Waals surface area contributed by atoms with Crippen LogP contribution >= 0.6 is 12.2 Å². The van der Waals surface area contributed by atoms with Gasteiger partial charge >= 0.3 is 0 Å². The van der Waals surface area contributed by atoms with Crippen LogP contribution in [0.1, 0.15) is 44.2 Å². The second kappa shape index (κ2) is 9.01. The molecule has 4 rings (SSSR count). The standard InChI is InChI=1S/C23H29N5S/c1-3-18-10-8-11-19(4-2)21(18)28-22(20-12-9-13-24-16-20)25-27(23(28)29)17-26-14-6-5-7-15-26/h8-13,16H,3-7,14-15,17H2,1-2H3. The van der Waals surface area contributed by atoms with Crippen LogP contribution in [0.3, 0.4) is 0 Å². The van der Waals surface area contributed by atoms with Crippen molar-refractivity contribution in [2.24, 2.45) is 0 Å². The quantitative estimate of drug-likeness (QED) is 0.537. The zero-order valence-corrected chi connectivity index (χ0v) is 18.2. The number of hydrogen-bond acceptors (Lipinski definition) is 4. The summed E-state index contributed by atoms with van der Waals surface area (Å²) in [4.78, 5) is 6.78. The van der Waals surface area contributed by atoms with Gasteiger partial charge in [-0.2, -0.15) is 0 Å². The minimum Gasteiger partial charge on any atom is -0.284 e. The third-order valence-electron chi connectivity index (χ3n) is 5.73. The molecule has 0 unspecified atom stereocenters. The Bertz CT molecular complexity index is 993. The third kappa shape index (κ3) is 4.05. The summed E-state index contributed by atoms with van der Waals surface area (Å²) in [5.74, 6) is 0.871. The number of rotatable bonds is 6. The van der Waals surface area contributed by atoms with Crippen LogP contribution in [-0.4, -0.2) is 37.3 Å². The number of benzene rings is 1. The van der Waals surface area contributed by atoms with Gasteiger partial charge in [-0.25, -0.2) is 4.68 Å². The first-order chi connectivity index (χ1) is 14.2. The van der Waals surface area contributed by atoms with Crippen LogP contribution in [0.25, 0.3) is 17.1 Å². The molecule has 1 saturated heterocycles. The molecular formula is C23H29N5S. The number of nitrogens with zero attached hydrogens (tertiary/aromatic N) is 5. The predicted octanol–water partition coefficient (Wildman–Crippen LogP) is 5.03. The van der Waals surface area contributed by atoms with E-state index in [0.717, 1.165) is 48.8 Å². The zero-order valence-electron chi connectivity index (χ0n) is 17.3. The summed E-state index contributed by atoms with van der Waals surface area (Å²) in [5, 5.41) is 5.00. The first-order valence-corrected chi connectivity index (χ1v) is 11.1. The van der Waals surface area contributed by atoms with E-state index in [9.17, 15) is 0 Å². The van der Waals surface area contributed by atoms with Gasteiger partial charge < -0.3 is 0 Å². The van der Waals surface area contributed by atoms with Gasteiger partial charge in [-0.05, 0) is 74.3 Å². The average molecular weight is 408 g/mol. The number of aromatic nitrogens is 4. The van der Waals surface area contributed by atoms with Gasteiger partial charge in [-0.1, -0.05) is 38.5 Å². The van der Waals surface area contributed by atoms with Crippen molar-refractivity contribution in [3.8, 4) is 17.1 Å². The summed E-state index contributed by atoms with van der Waals surface area (Å²) >= 11 is 5.99. The molecule has 0 radical (unpaired) electrons. The van der Waals surface area contributed by atoms with Gasteiger partial charge in [-0.15, -0.1) is 5.10 Å². The van der Waals surface area contributed by atoms with Gasteiger partial charge in [0.2, 0.25) is 4.77 Å². The molecule has 1 fully saturated rings. The number of pyridine rings is 1. The van der Waals surface area contributed by atoms with E-state index < -0.39 is 0 Å². The molecule has 1 aliphatic rings. The van der Waals surface area contributed by atoms with Crippen molar-refractivity contribution < 1.29 is 0 Å². The van der Waals surface area contributed by atoms with Crippen LogP contribution in [0.15, 0.2) is 42.7 Å². The maximum absolute atomic E-state index is 5.99. The number of piperidine rings is 1. The Morgan fingerprint density at radius 2 is 1.69 bits per heavy atom. The summed E-state index contributed by atoms with van der Waals surface area (Å²) < 4.78 is 4.92. The Balaban J connectivity index is 1.90. The van der Waals surface area contributed by atoms with E-state index >= 15 is 0 Å². The molecule has 1 aliphatic heterocycles. The van der Waals surface area contributed by atoms with Crippen LogP contribution in [0.5, 0.6) is 0 Å². The molecule has 0 N–H and O–H groups in total. The van der Waals surface area contributed by atoms with Crippen LogP contribution in [0.2, 0.25) is 0 Å². The van der Waals surface area contributed by atoms with E-state index in [-0.39, 0.29) is 0 Å². The highest BCUT2D eigenvalue weighted by atomic mass is 32.1. The van der Waals surface area contributed by atoms with E-state index in [1.54, 1.807) is 6.20 Å². The molecule has 0 aliphatic carbocycles. The van der Waals surface area contributed by atoms with Gasteiger partial charge in [0.25, 0.3) is 0 Å². The average Bonchev–Trinajstić information content (AvgIpc) is 3.10. The second-order valence-electron chi connectivity index (χ2n) is 7.63. The Morgan fingerprint density at radius 1 is 0.966 bits per heavy atom. The predicted molar refractivity (Wildman–Crippen MR) is 120 cm³/mol. The van der Waals surface area contributed by atoms with E-state index in [4.69, 9.17) is 17.3 Å². The number of hydrogen-bond donors (Lipinski definition) is 0. The monoisotopic (exact) mass is 407 g/mol. The fourth-order valence-electron chi connectivity index (χ4n) is 4.18. The van der Waals surface area contributed by atoms with Crippen molar-refractivity contribution in [1.29, 1.82) is 0 Å². The molecule has 0 saturated carbocycles. The van der Waals surface area contributed by atoms with Crippen molar-refractivity contribution in [3.05, 3.63) is 58.6 Å². The topological polar surface area (TPSA) is 38.9 Å². The van der Waals surface area contributed by atoms with Crippen molar-refractivity contribution in [1.82, 2.24) is 24.2 Å². The third-order valence-corrected chi connectivity index (χ3v) is 6.12. The van der Waals surface area contributed by atoms with Crippen LogP contribution in [0, 0.1) is 4.77 Å². The SMILES string of the molecule is CCc1cccc(CC)c1-n1c(-c2cccnc2)nn(CN2CCCCC2)c1=S. The van der Waals surface area contributed by atoms with Crippen molar-refractivity contribution in [3.63, 3.8) is 0 Å². The lowest BCUT2D eigenvalue weighted by Crippen LogP contribution is -2.32. The van der Waals surface area contributed by atoms with E-state index in [1.807, 2.05) is 16.9 Å². The summed E-state index contributed by atoms with van der Waals surface area (Å²) in [6.07, 6.45) is 9.40. The fraction of sp³-hybridized carbons (Fsp3) is 0.435. The highest BCUT2D eigenvalue weighted by Crippen LogP contribution is 2.28. The lowest BCUT2D eigenvalue weighted by atomic mass is 10.0. The Morgan fingerprint density at radius 3 is 2.31 bits per heavy atom. The van der Waals surface area contributed by atoms with Crippen LogP contribution in [-0.2, 0) is 19.5 Å². The summed E-state index contributed by atoms with van der Waals surface area (Å²) in [6, 6.07) is 10.6. The summed E-state index contributed by atoms with van der Waals surface area (Å²) in [7, 11) is 0. The zero-order chi connectivity index (χ0) is 20.2. The fourth-order valence-corrected chi connectivity index (χ4v) is 4.45. The van der Waals surface area contributed by atoms with Gasteiger partial charge in [-0.3, -0.25) is 14.5 Å². The molecule has 5 nitrogen and oxygen atoms in total. The van der Waals surface area contributed by atoms with Gasteiger partial charge in [0.1, 0.15) is 0 Å². The maximum Gasteiger partial charge on any atom is 0.204 e. The van der Waals surface area contributed by atoms with Gasteiger partial charge in [0, 0.05) is 18.0 Å². The Hall–Kier alpha value is -2.31. The van der Waals surface area contributed by atoms with E-state index in [1.165, 1.54) is 36.1 Å². The van der Waals surface area contributed by atoms with Gasteiger partial charge in [0.05, 0.1) is 12.4 Å². The lowest BCUT2D eigenvalue weighted by Gasteiger charge is -2.25. The Kier molecular flexibility index (Phi) is 6.21. The van der Waals surface area contributed by atoms with Crippen molar-refractivity contribution >= 4 is 12.2 Å². The van der Waals surface area contributed by atoms with Crippen molar-refractivity contribution in [2.75, 3.05) is 13.1 Å². The second-order valence-corrected chi connectivity index (χ2v) is 8.00. The summed E-state index contributed by atoms with van der Waals surface area (Å²) in [5.41, 5.74) is 4.77. The summed E-state index contributed by atoms with van der Waals surface area (Å²) in [6.45, 7) is 7.37. The molecule has 3 heterocycles. The number of likely N-dealkylation sites (tertiary alicyclic amines) is 1. The highest BCUT2D eigenvalue weighted by Gasteiger charge is 2.20. The minimum atomic E-state index is 0.745. The first-order valence-electron chi connectivity index (χ1n) is 10.7. The van der Waals surface area contributed by atoms with Crippen LogP contribution < -0.4 is 0 Å². The molecule has 1 aromatic carbocycles. The molecule has 0 atom stereocenters. The number of aryl methyl sites for hydroxylation is 2. The molecule has 0 amide bonds. The molecule has 0 bridgehead atoms. The number of para-hydroxylation sites is 1. The molecule has 152 valence electrons.